The van der Waals surface area contributed by atoms with E-state index in [2.05, 4.69) is 39.3 Å². The minimum atomic E-state index is -0.518. The van der Waals surface area contributed by atoms with Crippen LogP contribution >= 0.6 is 11.6 Å². The number of hydrogen-bond acceptors (Lipinski definition) is 9. The third-order valence-electron chi connectivity index (χ3n) is 11.2. The van der Waals surface area contributed by atoms with Gasteiger partial charge < -0.3 is 19.3 Å². The molecule has 3 saturated heterocycles. The number of aromatic amines is 1. The summed E-state index contributed by atoms with van der Waals surface area (Å²) >= 11 is 6.99. The molecule has 0 bridgehead atoms. The number of benzene rings is 2. The van der Waals surface area contributed by atoms with Crippen molar-refractivity contribution in [1.82, 2.24) is 30.4 Å². The van der Waals surface area contributed by atoms with E-state index < -0.39 is 5.82 Å². The van der Waals surface area contributed by atoms with Crippen molar-refractivity contribution in [3.05, 3.63) is 40.8 Å². The predicted molar refractivity (Wildman–Crippen MR) is 195 cm³/mol. The fourth-order valence-corrected chi connectivity index (χ4v) is 8.16. The molecule has 12 heteroatoms. The molecule has 2 aromatic heterocycles. The van der Waals surface area contributed by atoms with Crippen LogP contribution in [0.25, 0.3) is 32.9 Å². The molecule has 1 spiro atoms. The zero-order chi connectivity index (χ0) is 35.0. The third kappa shape index (κ3) is 6.76. The number of hydrogen-bond donors (Lipinski definition) is 2. The summed E-state index contributed by atoms with van der Waals surface area (Å²) in [6.07, 6.45) is 9.52. The number of aromatic nitrogens is 4. The fourth-order valence-electron chi connectivity index (χ4n) is 7.88. The number of carbonyl (C=O) groups is 1. The Balaban J connectivity index is 1.20. The minimum Gasteiger partial charge on any atom is -0.463 e. The molecule has 3 unspecified atom stereocenters. The largest absolute Gasteiger partial charge is 0.463 e. The smallest absolute Gasteiger partial charge is 0.319 e. The highest BCUT2D eigenvalue weighted by atomic mass is 35.5. The van der Waals surface area contributed by atoms with Gasteiger partial charge in [-0.3, -0.25) is 15.2 Å². The predicted octanol–water partition coefficient (Wildman–Crippen LogP) is 7.27. The number of piperidine rings is 1. The number of ether oxygens (including phenoxy) is 2. The van der Waals surface area contributed by atoms with Crippen LogP contribution in [0.3, 0.4) is 0 Å². The number of unbranched alkanes of at least 4 members (excludes halogenated alkanes) is 3. The second-order valence-corrected chi connectivity index (χ2v) is 15.3. The van der Waals surface area contributed by atoms with Crippen molar-refractivity contribution >= 4 is 45.2 Å². The van der Waals surface area contributed by atoms with Gasteiger partial charge in [0.15, 0.2) is 12.0 Å². The number of anilines is 1. The van der Waals surface area contributed by atoms with Crippen LogP contribution < -0.4 is 15.0 Å². The lowest BCUT2D eigenvalue weighted by atomic mass is 9.78. The van der Waals surface area contributed by atoms with Crippen LogP contribution in [-0.2, 0) is 9.53 Å². The number of esters is 1. The van der Waals surface area contributed by atoms with Crippen molar-refractivity contribution in [2.24, 2.45) is 17.3 Å². The van der Waals surface area contributed by atoms with Gasteiger partial charge in [0, 0.05) is 41.5 Å². The number of nitrogens with one attached hydrogen (secondary N) is 2. The van der Waals surface area contributed by atoms with Crippen LogP contribution in [0.4, 0.5) is 10.2 Å². The van der Waals surface area contributed by atoms with Crippen LogP contribution in [0.2, 0.25) is 5.02 Å². The van der Waals surface area contributed by atoms with E-state index >= 15 is 4.39 Å². The SMILES string of the molecule is CCCCCCC(C)C(=O)OC1NCC12CCN(c1nc(OCC3CCN(C)CC3)nc3c(F)c(-c4c(C)ccc5[nH]ncc45)c(Cl)cc13)C2. The summed E-state index contributed by atoms with van der Waals surface area (Å²) < 4.78 is 29.3. The third-order valence-corrected chi connectivity index (χ3v) is 11.5. The van der Waals surface area contributed by atoms with E-state index in [1.807, 2.05) is 26.0 Å². The first-order valence-electron chi connectivity index (χ1n) is 18.3. The number of likely N-dealkylation sites (tertiary alicyclic amines) is 1. The normalized spacial score (nSPS) is 22.0. The molecular weight excluding hydrogens is 657 g/mol. The Morgan fingerprint density at radius 2 is 1.96 bits per heavy atom. The molecule has 7 rings (SSSR count). The van der Waals surface area contributed by atoms with Gasteiger partial charge in [-0.25, -0.2) is 4.39 Å². The molecule has 3 aliphatic heterocycles. The first kappa shape index (κ1) is 34.9. The van der Waals surface area contributed by atoms with Gasteiger partial charge in [-0.15, -0.1) is 0 Å². The van der Waals surface area contributed by atoms with E-state index in [0.29, 0.717) is 42.4 Å². The topological polar surface area (TPSA) is 108 Å². The lowest BCUT2D eigenvalue weighted by molar-refractivity contribution is -0.174. The number of H-pyrrole nitrogens is 1. The highest BCUT2D eigenvalue weighted by molar-refractivity contribution is 6.35. The Morgan fingerprint density at radius 1 is 1.14 bits per heavy atom. The average Bonchev–Trinajstić information content (AvgIpc) is 3.79. The molecule has 3 aliphatic rings. The molecule has 3 fully saturated rings. The molecular formula is C38H49ClFN7O3. The number of rotatable bonds is 12. The molecule has 3 atom stereocenters. The molecule has 2 N–H and O–H groups in total. The summed E-state index contributed by atoms with van der Waals surface area (Å²) in [7, 11) is 2.13. The van der Waals surface area contributed by atoms with Gasteiger partial charge in [0.25, 0.3) is 0 Å². The Kier molecular flexibility index (Phi) is 10.2. The van der Waals surface area contributed by atoms with E-state index in [1.165, 1.54) is 12.8 Å². The van der Waals surface area contributed by atoms with Crippen LogP contribution in [0.15, 0.2) is 24.4 Å². The van der Waals surface area contributed by atoms with Gasteiger partial charge in [0.05, 0.1) is 34.7 Å². The Hall–Kier alpha value is -3.54. The zero-order valence-electron chi connectivity index (χ0n) is 29.7. The standard InChI is InChI=1S/C38H49ClFN7O3/c1-5-6-7-8-9-24(3)35(48)50-36-38(21-41-36)14-17-47(22-38)34-26-18-28(39)31(30-23(2)10-11-29-27(30)19-42-45-29)32(40)33(26)43-37(44-34)49-20-25-12-15-46(4)16-13-25/h10-11,18-19,24-25,36,41H,5-9,12-17,20-22H2,1-4H3,(H,42,45). The molecule has 5 heterocycles. The van der Waals surface area contributed by atoms with E-state index in [0.717, 1.165) is 74.6 Å². The van der Waals surface area contributed by atoms with Crippen LogP contribution in [0.5, 0.6) is 6.01 Å². The van der Waals surface area contributed by atoms with Crippen LogP contribution in [0, 0.1) is 30.0 Å². The first-order valence-corrected chi connectivity index (χ1v) is 18.7. The minimum absolute atomic E-state index is 0.144. The van der Waals surface area contributed by atoms with E-state index in [-0.39, 0.29) is 45.6 Å². The number of carbonyl (C=O) groups excluding carboxylic acids is 1. The first-order chi connectivity index (χ1) is 24.2. The van der Waals surface area contributed by atoms with Gasteiger partial charge in [-0.2, -0.15) is 15.1 Å². The van der Waals surface area contributed by atoms with Crippen molar-refractivity contribution in [2.75, 3.05) is 51.3 Å². The number of fused-ring (bicyclic) bond motifs is 2. The molecule has 0 aliphatic carbocycles. The van der Waals surface area contributed by atoms with Gasteiger partial charge in [-0.05, 0) is 76.4 Å². The van der Waals surface area contributed by atoms with Crippen molar-refractivity contribution in [1.29, 1.82) is 0 Å². The van der Waals surface area contributed by atoms with E-state index in [9.17, 15) is 4.79 Å². The average molecular weight is 706 g/mol. The zero-order valence-corrected chi connectivity index (χ0v) is 30.4. The summed E-state index contributed by atoms with van der Waals surface area (Å²) in [4.78, 5) is 27.2. The summed E-state index contributed by atoms with van der Waals surface area (Å²) in [5, 5.41) is 12.1. The van der Waals surface area contributed by atoms with Gasteiger partial charge in [0.2, 0.25) is 0 Å². The number of aryl methyl sites for hydroxylation is 1. The molecule has 10 nitrogen and oxygen atoms in total. The van der Waals surface area contributed by atoms with Gasteiger partial charge >= 0.3 is 12.0 Å². The van der Waals surface area contributed by atoms with Crippen molar-refractivity contribution < 1.29 is 18.7 Å². The summed E-state index contributed by atoms with van der Waals surface area (Å²) in [6, 6.07) is 5.81. The number of nitrogens with zero attached hydrogens (tertiary/aromatic N) is 5. The Labute approximate surface area is 298 Å². The highest BCUT2D eigenvalue weighted by Crippen LogP contribution is 2.46. The monoisotopic (exact) mass is 705 g/mol. The molecule has 0 amide bonds. The molecule has 2 aromatic carbocycles. The maximum atomic E-state index is 17.0. The summed E-state index contributed by atoms with van der Waals surface area (Å²) in [5.41, 5.74) is 2.54. The van der Waals surface area contributed by atoms with E-state index in [4.69, 9.17) is 31.0 Å². The van der Waals surface area contributed by atoms with Crippen molar-refractivity contribution in [3.8, 4) is 17.1 Å². The number of halogens is 2. The molecule has 0 radical (unpaired) electrons. The maximum absolute atomic E-state index is 17.0. The fraction of sp³-hybridized carbons (Fsp3) is 0.579. The summed E-state index contributed by atoms with van der Waals surface area (Å²) in [6.45, 7) is 10.6. The second-order valence-electron chi connectivity index (χ2n) is 14.9. The summed E-state index contributed by atoms with van der Waals surface area (Å²) in [5.74, 6) is 0.141. The maximum Gasteiger partial charge on any atom is 0.319 e. The molecule has 4 aromatic rings. The highest BCUT2D eigenvalue weighted by Gasteiger charge is 2.54. The second kappa shape index (κ2) is 14.6. The molecule has 50 heavy (non-hydrogen) atoms. The lowest BCUT2D eigenvalue weighted by Gasteiger charge is -2.47. The van der Waals surface area contributed by atoms with Gasteiger partial charge in [-0.1, -0.05) is 57.2 Å². The van der Waals surface area contributed by atoms with Gasteiger partial charge in [0.1, 0.15) is 11.3 Å². The molecule has 0 saturated carbocycles. The van der Waals surface area contributed by atoms with Crippen LogP contribution in [-0.4, -0.2) is 83.6 Å². The Bertz CT molecular complexity index is 1860. The lowest BCUT2D eigenvalue weighted by Crippen LogP contribution is -2.65. The quantitative estimate of drug-likeness (QED) is 0.116. The van der Waals surface area contributed by atoms with Crippen molar-refractivity contribution in [2.45, 2.75) is 78.4 Å². The van der Waals surface area contributed by atoms with Crippen LogP contribution in [0.1, 0.15) is 70.8 Å². The molecule has 268 valence electrons. The van der Waals surface area contributed by atoms with Crippen molar-refractivity contribution in [3.63, 3.8) is 0 Å². The van der Waals surface area contributed by atoms with E-state index in [1.54, 1.807) is 12.3 Å². The Morgan fingerprint density at radius 3 is 2.72 bits per heavy atom.